The molecule has 174 valence electrons. The summed E-state index contributed by atoms with van der Waals surface area (Å²) in [5, 5.41) is 7.42. The number of nitrogens with zero attached hydrogens (tertiary/aromatic N) is 3. The minimum atomic E-state index is 0.142. The number of nitrogens with one attached hydrogen (secondary N) is 2. The highest BCUT2D eigenvalue weighted by Gasteiger charge is 2.41. The van der Waals surface area contributed by atoms with E-state index in [1.54, 1.807) is 0 Å². The van der Waals surface area contributed by atoms with Crippen molar-refractivity contribution in [3.05, 3.63) is 95.3 Å². The first-order valence-corrected chi connectivity index (χ1v) is 12.4. The quantitative estimate of drug-likeness (QED) is 0.628. The van der Waals surface area contributed by atoms with Crippen molar-refractivity contribution in [2.75, 3.05) is 38.0 Å². The lowest BCUT2D eigenvalue weighted by molar-refractivity contribution is 0.0628. The van der Waals surface area contributed by atoms with Crippen LogP contribution in [0.5, 0.6) is 0 Å². The van der Waals surface area contributed by atoms with Gasteiger partial charge in [-0.3, -0.25) is 14.7 Å². The van der Waals surface area contributed by atoms with Crippen molar-refractivity contribution in [2.24, 2.45) is 5.92 Å². The Kier molecular flexibility index (Phi) is 5.77. The van der Waals surface area contributed by atoms with Crippen molar-refractivity contribution in [1.29, 1.82) is 0 Å². The van der Waals surface area contributed by atoms with Gasteiger partial charge < -0.3 is 15.5 Å². The van der Waals surface area contributed by atoms with Crippen LogP contribution < -0.4 is 10.6 Å². The summed E-state index contributed by atoms with van der Waals surface area (Å²) >= 11 is 0. The van der Waals surface area contributed by atoms with Crippen molar-refractivity contribution < 1.29 is 4.79 Å². The zero-order valence-electron chi connectivity index (χ0n) is 19.4. The molecule has 3 unspecified atom stereocenters. The standard InChI is InChI=1S/C28H31N5O/c34-28(33-16-14-32(15-17-33)19-20-6-2-1-3-7-20)21-9-10-24-23(18-21)26-22(11-13-30-26)27(31-24)25-8-4-5-12-29-25/h1-10,12,18,22,26-27,30-31H,11,13-17,19H2. The maximum atomic E-state index is 13.4. The SMILES string of the molecule is O=C(c1ccc2c(c1)C1NCCC1C(c1ccccn1)N2)N1CCN(Cc2ccccc2)CC1. The van der Waals surface area contributed by atoms with Crippen molar-refractivity contribution in [1.82, 2.24) is 20.1 Å². The highest BCUT2D eigenvalue weighted by molar-refractivity contribution is 5.95. The lowest BCUT2D eigenvalue weighted by atomic mass is 9.81. The van der Waals surface area contributed by atoms with Gasteiger partial charge in [-0.05, 0) is 54.4 Å². The summed E-state index contributed by atoms with van der Waals surface area (Å²) in [6, 6.07) is 23.3. The zero-order chi connectivity index (χ0) is 22.9. The van der Waals surface area contributed by atoms with Crippen molar-refractivity contribution >= 4 is 11.6 Å². The Hall–Kier alpha value is -3.22. The van der Waals surface area contributed by atoms with Gasteiger partial charge in [-0.1, -0.05) is 36.4 Å². The molecule has 3 aliphatic heterocycles. The van der Waals surface area contributed by atoms with Crippen molar-refractivity contribution in [2.45, 2.75) is 25.0 Å². The Morgan fingerprint density at radius 2 is 1.76 bits per heavy atom. The van der Waals surface area contributed by atoms with Gasteiger partial charge in [-0.2, -0.15) is 0 Å². The van der Waals surface area contributed by atoms with Crippen LogP contribution in [0.25, 0.3) is 0 Å². The molecule has 2 saturated heterocycles. The van der Waals surface area contributed by atoms with E-state index in [0.717, 1.165) is 62.6 Å². The average Bonchev–Trinajstić information content (AvgIpc) is 3.40. The number of carbonyl (C=O) groups excluding carboxylic acids is 1. The molecule has 0 aliphatic carbocycles. The Bertz CT molecular complexity index is 1140. The number of aromatic nitrogens is 1. The van der Waals surface area contributed by atoms with E-state index in [0.29, 0.717) is 5.92 Å². The molecule has 6 heteroatoms. The van der Waals surface area contributed by atoms with E-state index < -0.39 is 0 Å². The molecule has 2 fully saturated rings. The molecule has 0 bridgehead atoms. The molecule has 6 nitrogen and oxygen atoms in total. The van der Waals surface area contributed by atoms with Crippen LogP contribution in [0, 0.1) is 5.92 Å². The summed E-state index contributed by atoms with van der Waals surface area (Å²) in [6.07, 6.45) is 2.96. The maximum Gasteiger partial charge on any atom is 0.253 e. The largest absolute Gasteiger partial charge is 0.376 e. The summed E-state index contributed by atoms with van der Waals surface area (Å²) < 4.78 is 0. The molecule has 3 atom stereocenters. The molecule has 3 aliphatic rings. The molecular formula is C28H31N5O. The second-order valence-corrected chi connectivity index (χ2v) is 9.62. The predicted molar refractivity (Wildman–Crippen MR) is 134 cm³/mol. The van der Waals surface area contributed by atoms with Gasteiger partial charge in [-0.15, -0.1) is 0 Å². The number of benzene rings is 2. The number of piperazine rings is 1. The summed E-state index contributed by atoms with van der Waals surface area (Å²) in [5.41, 5.74) is 5.52. The van der Waals surface area contributed by atoms with Crippen LogP contribution >= 0.6 is 0 Å². The van der Waals surface area contributed by atoms with Gasteiger partial charge in [-0.25, -0.2) is 0 Å². The van der Waals surface area contributed by atoms with Gasteiger partial charge in [0.05, 0.1) is 11.7 Å². The highest BCUT2D eigenvalue weighted by Crippen LogP contribution is 2.47. The van der Waals surface area contributed by atoms with E-state index in [9.17, 15) is 4.79 Å². The summed E-state index contributed by atoms with van der Waals surface area (Å²) in [5.74, 6) is 0.567. The first-order valence-electron chi connectivity index (χ1n) is 12.4. The third kappa shape index (κ3) is 4.08. The summed E-state index contributed by atoms with van der Waals surface area (Å²) in [7, 11) is 0. The normalized spacial score (nSPS) is 24.2. The lowest BCUT2D eigenvalue weighted by Gasteiger charge is -2.37. The van der Waals surface area contributed by atoms with Gasteiger partial charge >= 0.3 is 0 Å². The number of pyridine rings is 1. The molecule has 0 spiro atoms. The van der Waals surface area contributed by atoms with E-state index in [-0.39, 0.29) is 18.0 Å². The predicted octanol–water partition coefficient (Wildman–Crippen LogP) is 3.86. The summed E-state index contributed by atoms with van der Waals surface area (Å²) in [4.78, 5) is 22.4. The van der Waals surface area contributed by atoms with Crippen LogP contribution in [0.2, 0.25) is 0 Å². The number of hydrogen-bond donors (Lipinski definition) is 2. The topological polar surface area (TPSA) is 60.5 Å². The highest BCUT2D eigenvalue weighted by atomic mass is 16.2. The van der Waals surface area contributed by atoms with Gasteiger partial charge in [0.25, 0.3) is 5.91 Å². The maximum absolute atomic E-state index is 13.4. The minimum absolute atomic E-state index is 0.142. The molecule has 2 N–H and O–H groups in total. The minimum Gasteiger partial charge on any atom is -0.376 e. The smallest absolute Gasteiger partial charge is 0.253 e. The number of anilines is 1. The Balaban J connectivity index is 1.16. The molecule has 6 rings (SSSR count). The number of hydrogen-bond acceptors (Lipinski definition) is 5. The van der Waals surface area contributed by atoms with Crippen LogP contribution in [-0.2, 0) is 6.54 Å². The van der Waals surface area contributed by atoms with Gasteiger partial charge in [0, 0.05) is 62.1 Å². The van der Waals surface area contributed by atoms with Crippen LogP contribution in [0.15, 0.2) is 72.9 Å². The van der Waals surface area contributed by atoms with E-state index in [2.05, 4.69) is 75.1 Å². The van der Waals surface area contributed by atoms with Crippen molar-refractivity contribution in [3.63, 3.8) is 0 Å². The second-order valence-electron chi connectivity index (χ2n) is 9.62. The third-order valence-corrected chi connectivity index (χ3v) is 7.56. The molecule has 3 aromatic rings. The molecule has 2 aromatic carbocycles. The Morgan fingerprint density at radius 1 is 0.941 bits per heavy atom. The van der Waals surface area contributed by atoms with Gasteiger partial charge in [0.15, 0.2) is 0 Å². The average molecular weight is 454 g/mol. The van der Waals surface area contributed by atoms with E-state index in [1.807, 2.05) is 23.2 Å². The fourth-order valence-electron chi connectivity index (χ4n) is 5.77. The zero-order valence-corrected chi connectivity index (χ0v) is 19.4. The molecule has 1 aromatic heterocycles. The fourth-order valence-corrected chi connectivity index (χ4v) is 5.77. The first kappa shape index (κ1) is 21.3. The van der Waals surface area contributed by atoms with Crippen LogP contribution in [0.3, 0.4) is 0 Å². The molecule has 34 heavy (non-hydrogen) atoms. The lowest BCUT2D eigenvalue weighted by Crippen LogP contribution is -2.48. The molecular weight excluding hydrogens is 422 g/mol. The number of fused-ring (bicyclic) bond motifs is 3. The van der Waals surface area contributed by atoms with E-state index in [1.165, 1.54) is 11.1 Å². The summed E-state index contributed by atoms with van der Waals surface area (Å²) in [6.45, 7) is 5.29. The van der Waals surface area contributed by atoms with Crippen LogP contribution in [0.1, 0.15) is 45.7 Å². The Labute approximate surface area is 201 Å². The first-order chi connectivity index (χ1) is 16.8. The molecule has 0 saturated carbocycles. The van der Waals surface area contributed by atoms with Gasteiger partial charge in [0.1, 0.15) is 0 Å². The Morgan fingerprint density at radius 3 is 2.56 bits per heavy atom. The van der Waals surface area contributed by atoms with E-state index >= 15 is 0 Å². The molecule has 1 amide bonds. The van der Waals surface area contributed by atoms with Crippen LogP contribution in [0.4, 0.5) is 5.69 Å². The second kappa shape index (κ2) is 9.20. The third-order valence-electron chi connectivity index (χ3n) is 7.56. The number of rotatable bonds is 4. The van der Waals surface area contributed by atoms with Gasteiger partial charge in [0.2, 0.25) is 0 Å². The monoisotopic (exact) mass is 453 g/mol. The van der Waals surface area contributed by atoms with Crippen LogP contribution in [-0.4, -0.2) is 53.4 Å². The number of carbonyl (C=O) groups is 1. The van der Waals surface area contributed by atoms with Crippen molar-refractivity contribution in [3.8, 4) is 0 Å². The molecule has 0 radical (unpaired) electrons. The number of amides is 1. The fraction of sp³-hybridized carbons (Fsp3) is 0.357. The van der Waals surface area contributed by atoms with E-state index in [4.69, 9.17) is 0 Å². The molecule has 4 heterocycles.